The monoisotopic (exact) mass is 777 g/mol. The zero-order valence-electron chi connectivity index (χ0n) is 26.4. The Balaban J connectivity index is 0.000000215. The maximum Gasteiger partial charge on any atom is 0.120 e. The Morgan fingerprint density at radius 2 is 1.44 bits per heavy atom. The van der Waals surface area contributed by atoms with Gasteiger partial charge >= 0.3 is 0 Å². The van der Waals surface area contributed by atoms with Crippen molar-refractivity contribution in [2.24, 2.45) is 0 Å². The number of benzene rings is 3. The van der Waals surface area contributed by atoms with Crippen molar-refractivity contribution in [3.63, 3.8) is 0 Å². The largest absolute Gasteiger partial charge is 0.501 e. The van der Waals surface area contributed by atoms with Crippen molar-refractivity contribution in [2.45, 2.75) is 59.0 Å². The summed E-state index contributed by atoms with van der Waals surface area (Å²) in [6.45, 7) is 18.5. The summed E-state index contributed by atoms with van der Waals surface area (Å²) in [5.41, 5.74) is 7.04. The quantitative estimate of drug-likeness (QED) is 0.130. The van der Waals surface area contributed by atoms with Gasteiger partial charge in [-0.25, -0.2) is 0 Å². The van der Waals surface area contributed by atoms with Gasteiger partial charge in [0.15, 0.2) is 0 Å². The van der Waals surface area contributed by atoms with E-state index in [1.807, 2.05) is 42.7 Å². The molecule has 0 bridgehead atoms. The van der Waals surface area contributed by atoms with E-state index < -0.39 is 16.1 Å². The van der Waals surface area contributed by atoms with Gasteiger partial charge in [0.25, 0.3) is 0 Å². The van der Waals surface area contributed by atoms with Crippen LogP contribution >= 0.6 is 0 Å². The van der Waals surface area contributed by atoms with Crippen LogP contribution in [0.1, 0.15) is 25.3 Å². The van der Waals surface area contributed by atoms with E-state index in [1.54, 1.807) is 0 Å². The first kappa shape index (κ1) is 32.8. The minimum atomic E-state index is -1.38. The van der Waals surface area contributed by atoms with E-state index in [0.717, 1.165) is 44.5 Å². The van der Waals surface area contributed by atoms with Gasteiger partial charge in [0.2, 0.25) is 0 Å². The molecule has 0 saturated carbocycles. The van der Waals surface area contributed by atoms with Crippen molar-refractivity contribution >= 4 is 48.5 Å². The van der Waals surface area contributed by atoms with Crippen LogP contribution in [0.2, 0.25) is 39.3 Å². The van der Waals surface area contributed by atoms with Crippen molar-refractivity contribution < 1.29 is 24.5 Å². The summed E-state index contributed by atoms with van der Waals surface area (Å²) in [5, 5.41) is 5.10. The van der Waals surface area contributed by atoms with E-state index in [9.17, 15) is 0 Å². The Morgan fingerprint density at radius 1 is 0.698 bits per heavy atom. The number of fused-ring (bicyclic) bond motifs is 3. The molecular weight excluding hydrogens is 737 g/mol. The normalized spacial score (nSPS) is 11.7. The molecular formula is C37H40IrN2OSi2-2. The van der Waals surface area contributed by atoms with Crippen LogP contribution in [0.15, 0.2) is 95.7 Å². The van der Waals surface area contributed by atoms with E-state index in [4.69, 9.17) is 4.42 Å². The number of furan rings is 1. The molecule has 6 aromatic rings. The predicted octanol–water partition coefficient (Wildman–Crippen LogP) is 9.21. The van der Waals surface area contributed by atoms with Gasteiger partial charge in [-0.3, -0.25) is 0 Å². The summed E-state index contributed by atoms with van der Waals surface area (Å²) >= 11 is 0. The molecule has 3 heterocycles. The van der Waals surface area contributed by atoms with Gasteiger partial charge in [-0.1, -0.05) is 105 Å². The third-order valence-electron chi connectivity index (χ3n) is 7.62. The van der Waals surface area contributed by atoms with Crippen LogP contribution in [0.25, 0.3) is 44.5 Å². The molecule has 0 N–H and O–H groups in total. The Bertz CT molecular complexity index is 1820. The van der Waals surface area contributed by atoms with Gasteiger partial charge in [-0.2, -0.15) is 0 Å². The molecule has 0 aliphatic carbocycles. The molecule has 0 aliphatic rings. The topological polar surface area (TPSA) is 38.9 Å². The number of pyridine rings is 2. The van der Waals surface area contributed by atoms with Crippen LogP contribution in [-0.2, 0) is 20.1 Å². The van der Waals surface area contributed by atoms with Gasteiger partial charge < -0.3 is 14.4 Å². The molecule has 3 aromatic heterocycles. The smallest absolute Gasteiger partial charge is 0.120 e. The van der Waals surface area contributed by atoms with Crippen LogP contribution in [0.5, 0.6) is 0 Å². The fourth-order valence-electron chi connectivity index (χ4n) is 4.89. The molecule has 0 spiro atoms. The molecule has 0 atom stereocenters. The maximum absolute atomic E-state index is 6.33. The van der Waals surface area contributed by atoms with Crippen molar-refractivity contribution in [3.05, 3.63) is 109 Å². The first-order valence-corrected chi connectivity index (χ1v) is 21.7. The minimum Gasteiger partial charge on any atom is -0.501 e. The first-order valence-electron chi connectivity index (χ1n) is 14.7. The Labute approximate surface area is 272 Å². The van der Waals surface area contributed by atoms with E-state index in [-0.39, 0.29) is 20.1 Å². The van der Waals surface area contributed by atoms with Crippen LogP contribution in [0.4, 0.5) is 0 Å². The van der Waals surface area contributed by atoms with Crippen molar-refractivity contribution in [1.82, 2.24) is 9.97 Å². The second-order valence-corrected chi connectivity index (χ2v) is 23.4. The number of hydrogen-bond acceptors (Lipinski definition) is 3. The van der Waals surface area contributed by atoms with Crippen LogP contribution < -0.4 is 10.4 Å². The molecule has 43 heavy (non-hydrogen) atoms. The molecule has 6 rings (SSSR count). The Hall–Kier alpha value is -3.16. The van der Waals surface area contributed by atoms with Crippen molar-refractivity contribution in [1.29, 1.82) is 0 Å². The standard InChI is InChI=1S/C23H24NOSi.C14H16NSi.Ir/c1-15(2)16-11-12-24-21(13-16)20-8-6-7-19-18-10-9-17(26(3,4)5)14-22(18)25-23(19)20;1-16(2,3)13-9-10-14(15-11-13)12-7-5-4-6-8-12;/h6-7,9-15H,1-5H3;4-7,9-11H,1-3H3;/q2*-1;. The fourth-order valence-corrected chi connectivity index (χ4v) is 7.07. The van der Waals surface area contributed by atoms with E-state index in [0.29, 0.717) is 5.92 Å². The number of aromatic nitrogens is 2. The van der Waals surface area contributed by atoms with Gasteiger partial charge in [0, 0.05) is 37.9 Å². The average Bonchev–Trinajstić information content (AvgIpc) is 3.35. The van der Waals surface area contributed by atoms with Gasteiger partial charge in [-0.05, 0) is 34.6 Å². The summed E-state index contributed by atoms with van der Waals surface area (Å²) in [4.78, 5) is 9.10. The summed E-state index contributed by atoms with van der Waals surface area (Å²) < 4.78 is 6.33. The Kier molecular flexibility index (Phi) is 10.1. The number of nitrogens with zero attached hydrogens (tertiary/aromatic N) is 2. The zero-order valence-corrected chi connectivity index (χ0v) is 30.8. The third kappa shape index (κ3) is 7.50. The molecule has 3 nitrogen and oxygen atoms in total. The van der Waals surface area contributed by atoms with Crippen molar-refractivity contribution in [3.8, 4) is 22.5 Å². The number of rotatable bonds is 5. The molecule has 0 fully saturated rings. The van der Waals surface area contributed by atoms with E-state index >= 15 is 0 Å². The summed E-state index contributed by atoms with van der Waals surface area (Å²) in [7, 11) is -2.61. The first-order chi connectivity index (χ1) is 19.9. The summed E-state index contributed by atoms with van der Waals surface area (Å²) in [6.07, 6.45) is 3.89. The third-order valence-corrected chi connectivity index (χ3v) is 11.7. The second kappa shape index (κ2) is 13.2. The van der Waals surface area contributed by atoms with E-state index in [2.05, 4.69) is 124 Å². The van der Waals surface area contributed by atoms with Crippen LogP contribution in [0, 0.1) is 12.1 Å². The van der Waals surface area contributed by atoms with E-state index in [1.165, 1.54) is 15.9 Å². The SMILES string of the molecule is CC(C)c1ccnc(-c2[c-]ccc3c2oc2cc([Si](C)(C)C)ccc23)c1.C[Si](C)(C)c1ccc(-c2[c-]cccc2)nc1.[Ir]. The molecule has 0 saturated heterocycles. The van der Waals surface area contributed by atoms with Gasteiger partial charge in [-0.15, -0.1) is 54.1 Å². The summed E-state index contributed by atoms with van der Waals surface area (Å²) in [5.74, 6) is 0.464. The van der Waals surface area contributed by atoms with Crippen LogP contribution in [0.3, 0.4) is 0 Å². The van der Waals surface area contributed by atoms with Crippen LogP contribution in [-0.4, -0.2) is 26.1 Å². The molecule has 0 unspecified atom stereocenters. The minimum absolute atomic E-state index is 0. The molecule has 0 aliphatic heterocycles. The number of hydrogen-bond donors (Lipinski definition) is 0. The molecule has 1 radical (unpaired) electrons. The zero-order chi connectivity index (χ0) is 30.1. The Morgan fingerprint density at radius 3 is 2.07 bits per heavy atom. The summed E-state index contributed by atoms with van der Waals surface area (Å²) in [6, 6.07) is 33.8. The molecule has 3 aromatic carbocycles. The molecule has 6 heteroatoms. The second-order valence-electron chi connectivity index (χ2n) is 13.2. The average molecular weight is 777 g/mol. The predicted molar refractivity (Wildman–Crippen MR) is 184 cm³/mol. The fraction of sp³-hybridized carbons (Fsp3) is 0.243. The van der Waals surface area contributed by atoms with Gasteiger partial charge in [0.05, 0.1) is 21.7 Å². The molecule has 0 amide bonds. The van der Waals surface area contributed by atoms with Crippen molar-refractivity contribution in [2.75, 3.05) is 0 Å². The maximum atomic E-state index is 6.33. The van der Waals surface area contributed by atoms with Gasteiger partial charge in [0.1, 0.15) is 5.58 Å². The molecule has 223 valence electrons.